The lowest BCUT2D eigenvalue weighted by Gasteiger charge is -2.17. The Morgan fingerprint density at radius 2 is 1.65 bits per heavy atom. The predicted molar refractivity (Wildman–Crippen MR) is 120 cm³/mol. The van der Waals surface area contributed by atoms with Crippen LogP contribution in [0.25, 0.3) is 0 Å². The van der Waals surface area contributed by atoms with Crippen LogP contribution in [0.1, 0.15) is 42.3 Å². The van der Waals surface area contributed by atoms with E-state index in [0.29, 0.717) is 25.3 Å². The fourth-order valence-electron chi connectivity index (χ4n) is 3.22. The number of nitrogens with zero attached hydrogens (tertiary/aromatic N) is 2. The molecule has 0 saturated heterocycles. The normalized spacial score (nSPS) is 13.4. The monoisotopic (exact) mass is 550 g/mol. The van der Waals surface area contributed by atoms with E-state index in [9.17, 15) is 39.2 Å². The van der Waals surface area contributed by atoms with Gasteiger partial charge in [0.25, 0.3) is 5.92 Å². The first kappa shape index (κ1) is 28.3. The summed E-state index contributed by atoms with van der Waals surface area (Å²) in [4.78, 5) is 6.49. The SMILES string of the molecule is CC(CNS(=O)(=O)c1cc(C(F)(F)F)cnc1NCc1cccc(C(C)(F)F)n1)c1cc(F)cc(F)c1. The Morgan fingerprint density at radius 3 is 2.24 bits per heavy atom. The van der Waals surface area contributed by atoms with Crippen molar-refractivity contribution in [2.45, 2.75) is 43.3 Å². The number of rotatable bonds is 9. The molecule has 0 saturated carbocycles. The lowest BCUT2D eigenvalue weighted by molar-refractivity contribution is -0.138. The molecule has 2 heterocycles. The van der Waals surface area contributed by atoms with Crippen molar-refractivity contribution < 1.29 is 39.2 Å². The van der Waals surface area contributed by atoms with E-state index in [1.54, 1.807) is 0 Å². The molecule has 1 aromatic carbocycles. The minimum absolute atomic E-state index is 0.0544. The summed E-state index contributed by atoms with van der Waals surface area (Å²) in [6.45, 7) is 1.36. The van der Waals surface area contributed by atoms with Crippen LogP contribution in [0.15, 0.2) is 53.6 Å². The van der Waals surface area contributed by atoms with E-state index in [4.69, 9.17) is 0 Å². The number of hydrogen-bond acceptors (Lipinski definition) is 5. The first-order chi connectivity index (χ1) is 17.1. The van der Waals surface area contributed by atoms with E-state index in [1.807, 2.05) is 0 Å². The third-order valence-electron chi connectivity index (χ3n) is 5.20. The zero-order valence-electron chi connectivity index (χ0n) is 19.4. The summed E-state index contributed by atoms with van der Waals surface area (Å²) >= 11 is 0. The van der Waals surface area contributed by atoms with E-state index in [-0.39, 0.29) is 17.8 Å². The third-order valence-corrected chi connectivity index (χ3v) is 6.63. The smallest absolute Gasteiger partial charge is 0.363 e. The van der Waals surface area contributed by atoms with E-state index in [0.717, 1.165) is 18.2 Å². The molecule has 37 heavy (non-hydrogen) atoms. The van der Waals surface area contributed by atoms with Crippen molar-refractivity contribution in [1.29, 1.82) is 0 Å². The summed E-state index contributed by atoms with van der Waals surface area (Å²) < 4.78 is 122. The van der Waals surface area contributed by atoms with Crippen molar-refractivity contribution in [3.05, 3.63) is 82.8 Å². The summed E-state index contributed by atoms with van der Waals surface area (Å²) in [6, 6.07) is 6.76. The molecule has 0 aliphatic heterocycles. The Hall–Kier alpha value is -3.26. The largest absolute Gasteiger partial charge is 0.417 e. The van der Waals surface area contributed by atoms with E-state index >= 15 is 0 Å². The van der Waals surface area contributed by atoms with Crippen molar-refractivity contribution in [1.82, 2.24) is 14.7 Å². The van der Waals surface area contributed by atoms with Gasteiger partial charge in [-0.1, -0.05) is 13.0 Å². The van der Waals surface area contributed by atoms with E-state index in [1.165, 1.54) is 19.1 Å². The van der Waals surface area contributed by atoms with Gasteiger partial charge in [0, 0.05) is 25.7 Å². The number of benzene rings is 1. The minimum Gasteiger partial charge on any atom is -0.363 e. The van der Waals surface area contributed by atoms with Gasteiger partial charge in [0.2, 0.25) is 10.0 Å². The van der Waals surface area contributed by atoms with Crippen LogP contribution < -0.4 is 10.0 Å². The van der Waals surface area contributed by atoms with Crippen molar-refractivity contribution >= 4 is 15.8 Å². The number of anilines is 1. The molecule has 0 fully saturated rings. The highest BCUT2D eigenvalue weighted by Gasteiger charge is 2.34. The van der Waals surface area contributed by atoms with Crippen LogP contribution >= 0.6 is 0 Å². The van der Waals surface area contributed by atoms with Crippen molar-refractivity contribution in [2.24, 2.45) is 0 Å². The number of halogens is 7. The Labute approximate surface area is 208 Å². The minimum atomic E-state index is -4.91. The first-order valence-electron chi connectivity index (χ1n) is 10.7. The highest BCUT2D eigenvalue weighted by Crippen LogP contribution is 2.32. The molecule has 200 valence electrons. The van der Waals surface area contributed by atoms with E-state index < -0.39 is 68.2 Å². The number of hydrogen-bond donors (Lipinski definition) is 2. The zero-order chi connectivity index (χ0) is 27.6. The Balaban J connectivity index is 1.88. The van der Waals surface area contributed by atoms with Gasteiger partial charge in [-0.2, -0.15) is 22.0 Å². The van der Waals surface area contributed by atoms with Crippen LogP contribution in [0.4, 0.5) is 36.6 Å². The highest BCUT2D eigenvalue weighted by molar-refractivity contribution is 7.89. The molecule has 0 radical (unpaired) electrons. The van der Waals surface area contributed by atoms with Crippen molar-refractivity contribution in [3.63, 3.8) is 0 Å². The fourth-order valence-corrected chi connectivity index (χ4v) is 4.51. The molecule has 3 aromatic rings. The Morgan fingerprint density at radius 1 is 1.00 bits per heavy atom. The molecule has 6 nitrogen and oxygen atoms in total. The van der Waals surface area contributed by atoms with Gasteiger partial charge in [-0.05, 0) is 41.8 Å². The van der Waals surface area contributed by atoms with Crippen LogP contribution in [-0.2, 0) is 28.7 Å². The van der Waals surface area contributed by atoms with Gasteiger partial charge >= 0.3 is 6.18 Å². The second-order valence-corrected chi connectivity index (χ2v) is 10.0. The third kappa shape index (κ3) is 7.38. The quantitative estimate of drug-likeness (QED) is 0.340. The first-order valence-corrected chi connectivity index (χ1v) is 12.2. The summed E-state index contributed by atoms with van der Waals surface area (Å²) in [5, 5.41) is 2.52. The summed E-state index contributed by atoms with van der Waals surface area (Å²) in [6.07, 6.45) is -4.49. The molecule has 2 N–H and O–H groups in total. The molecular weight excluding hydrogens is 529 g/mol. The van der Waals surface area contributed by atoms with Crippen LogP contribution in [0.5, 0.6) is 0 Å². The maximum atomic E-state index is 13.6. The van der Waals surface area contributed by atoms with Gasteiger partial charge in [-0.15, -0.1) is 0 Å². The van der Waals surface area contributed by atoms with Crippen LogP contribution in [0.2, 0.25) is 0 Å². The molecule has 1 unspecified atom stereocenters. The fraction of sp³-hybridized carbons (Fsp3) is 0.304. The number of sulfonamides is 1. The lowest BCUT2D eigenvalue weighted by Crippen LogP contribution is -2.29. The number of aromatic nitrogens is 2. The van der Waals surface area contributed by atoms with Gasteiger partial charge < -0.3 is 5.32 Å². The maximum Gasteiger partial charge on any atom is 0.417 e. The second kappa shape index (κ2) is 10.6. The van der Waals surface area contributed by atoms with E-state index in [2.05, 4.69) is 20.0 Å². The topological polar surface area (TPSA) is 84.0 Å². The maximum absolute atomic E-state index is 13.6. The molecule has 0 bridgehead atoms. The van der Waals surface area contributed by atoms with Gasteiger partial charge in [0.15, 0.2) is 0 Å². The zero-order valence-corrected chi connectivity index (χ0v) is 20.2. The van der Waals surface area contributed by atoms with Crippen molar-refractivity contribution in [2.75, 3.05) is 11.9 Å². The molecule has 0 aliphatic rings. The second-order valence-electron chi connectivity index (χ2n) is 8.28. The number of nitrogens with one attached hydrogen (secondary N) is 2. The highest BCUT2D eigenvalue weighted by atomic mass is 32.2. The lowest BCUT2D eigenvalue weighted by atomic mass is 10.0. The van der Waals surface area contributed by atoms with Crippen LogP contribution in [-0.4, -0.2) is 24.9 Å². The number of alkyl halides is 5. The molecule has 2 aromatic heterocycles. The number of pyridine rings is 2. The average Bonchev–Trinajstić information content (AvgIpc) is 2.79. The summed E-state index contributed by atoms with van der Waals surface area (Å²) in [5.74, 6) is -6.24. The van der Waals surface area contributed by atoms with Gasteiger partial charge in [-0.25, -0.2) is 31.9 Å². The van der Waals surface area contributed by atoms with Gasteiger partial charge in [-0.3, -0.25) is 0 Å². The Kier molecular flexibility index (Phi) is 8.12. The average molecular weight is 551 g/mol. The predicted octanol–water partition coefficient (Wildman–Crippen LogP) is 5.58. The molecule has 0 amide bonds. The Bertz CT molecular complexity index is 1360. The molecule has 0 aliphatic carbocycles. The molecule has 3 rings (SSSR count). The van der Waals surface area contributed by atoms with Crippen molar-refractivity contribution in [3.8, 4) is 0 Å². The molecule has 14 heteroatoms. The summed E-state index contributed by atoms with van der Waals surface area (Å²) in [5.41, 5.74) is -1.72. The van der Waals surface area contributed by atoms with Crippen LogP contribution in [0, 0.1) is 11.6 Å². The molecule has 1 atom stereocenters. The van der Waals surface area contributed by atoms with Gasteiger partial charge in [0.1, 0.15) is 28.0 Å². The van der Waals surface area contributed by atoms with Crippen LogP contribution in [0.3, 0.4) is 0 Å². The standard InChI is InChI=1S/C23H21F7N4O2S/c1-13(14-6-16(24)9-17(25)7-14)10-33-37(35,36)19-8-15(23(28,29)30)11-31-21(19)32-12-18-4-3-5-20(34-18)22(2,26)27/h3-9,11,13,33H,10,12H2,1-2H3,(H,31,32). The summed E-state index contributed by atoms with van der Waals surface area (Å²) in [7, 11) is -4.64. The van der Waals surface area contributed by atoms with Gasteiger partial charge in [0.05, 0.1) is 17.8 Å². The molecule has 0 spiro atoms. The molecular formula is C23H21F7N4O2S.